The van der Waals surface area contributed by atoms with Crippen LogP contribution in [-0.4, -0.2) is 23.6 Å². The van der Waals surface area contributed by atoms with Crippen LogP contribution in [0.15, 0.2) is 30.3 Å². The van der Waals surface area contributed by atoms with Gasteiger partial charge >= 0.3 is 5.97 Å². The number of carbonyl (C=O) groups is 2. The summed E-state index contributed by atoms with van der Waals surface area (Å²) in [6.07, 6.45) is 0. The van der Waals surface area contributed by atoms with Crippen molar-refractivity contribution in [2.75, 3.05) is 11.9 Å². The molecule has 0 atom stereocenters. The molecule has 0 fully saturated rings. The number of hydrogen-bond donors (Lipinski definition) is 2. The lowest BCUT2D eigenvalue weighted by Crippen LogP contribution is -2.10. The van der Waals surface area contributed by atoms with E-state index >= 15 is 0 Å². The molecule has 1 heterocycles. The van der Waals surface area contributed by atoms with Gasteiger partial charge in [-0.15, -0.1) is 11.3 Å². The number of thiophene rings is 1. The summed E-state index contributed by atoms with van der Waals surface area (Å²) in [5.74, 6) is -2.05. The SMILES string of the molecule is CCOc1ccc(NC(=O)c2ccc(C(=O)O)s2)cc1F. The Hall–Kier alpha value is -2.41. The van der Waals surface area contributed by atoms with Gasteiger partial charge in [0.15, 0.2) is 11.6 Å². The van der Waals surface area contributed by atoms with Crippen molar-refractivity contribution in [1.29, 1.82) is 0 Å². The Bertz CT molecular complexity index is 683. The van der Waals surface area contributed by atoms with Gasteiger partial charge < -0.3 is 15.2 Å². The van der Waals surface area contributed by atoms with E-state index in [1.165, 1.54) is 24.3 Å². The molecule has 0 aliphatic heterocycles. The average molecular weight is 309 g/mol. The third kappa shape index (κ3) is 3.57. The predicted octanol–water partition coefficient (Wildman–Crippen LogP) is 3.24. The third-order valence-electron chi connectivity index (χ3n) is 2.53. The van der Waals surface area contributed by atoms with Crippen LogP contribution >= 0.6 is 11.3 Å². The topological polar surface area (TPSA) is 75.6 Å². The van der Waals surface area contributed by atoms with Gasteiger partial charge in [-0.05, 0) is 31.2 Å². The molecule has 0 bridgehead atoms. The highest BCUT2D eigenvalue weighted by atomic mass is 32.1. The largest absolute Gasteiger partial charge is 0.491 e. The molecule has 1 amide bonds. The summed E-state index contributed by atoms with van der Waals surface area (Å²) in [5.41, 5.74) is 0.270. The highest BCUT2D eigenvalue weighted by molar-refractivity contribution is 7.15. The van der Waals surface area contributed by atoms with Crippen molar-refractivity contribution in [1.82, 2.24) is 0 Å². The van der Waals surface area contributed by atoms with E-state index in [2.05, 4.69) is 5.32 Å². The van der Waals surface area contributed by atoms with Crippen LogP contribution in [0, 0.1) is 5.82 Å². The number of carboxylic acid groups (broad SMARTS) is 1. The molecular weight excluding hydrogens is 297 g/mol. The quantitative estimate of drug-likeness (QED) is 0.889. The molecule has 5 nitrogen and oxygen atoms in total. The number of carboxylic acids is 1. The van der Waals surface area contributed by atoms with Gasteiger partial charge in [0.25, 0.3) is 5.91 Å². The maximum absolute atomic E-state index is 13.6. The Morgan fingerprint density at radius 1 is 1.29 bits per heavy atom. The number of rotatable bonds is 5. The number of hydrogen-bond acceptors (Lipinski definition) is 4. The predicted molar refractivity (Wildman–Crippen MR) is 76.8 cm³/mol. The van der Waals surface area contributed by atoms with E-state index in [1.807, 2.05) is 0 Å². The molecule has 110 valence electrons. The normalized spacial score (nSPS) is 10.2. The van der Waals surface area contributed by atoms with Crippen LogP contribution in [0.4, 0.5) is 10.1 Å². The van der Waals surface area contributed by atoms with E-state index in [0.717, 1.165) is 17.4 Å². The fraction of sp³-hybridized carbons (Fsp3) is 0.143. The first kappa shape index (κ1) is 15.0. The number of anilines is 1. The van der Waals surface area contributed by atoms with E-state index in [4.69, 9.17) is 9.84 Å². The van der Waals surface area contributed by atoms with E-state index in [1.54, 1.807) is 6.92 Å². The third-order valence-corrected chi connectivity index (χ3v) is 3.60. The van der Waals surface area contributed by atoms with Gasteiger partial charge in [0.2, 0.25) is 0 Å². The van der Waals surface area contributed by atoms with Crippen molar-refractivity contribution in [3.8, 4) is 5.75 Å². The zero-order valence-corrected chi connectivity index (χ0v) is 11.9. The second kappa shape index (κ2) is 6.36. The zero-order valence-electron chi connectivity index (χ0n) is 11.1. The van der Waals surface area contributed by atoms with Gasteiger partial charge in [0, 0.05) is 11.8 Å². The number of ether oxygens (including phenoxy) is 1. The van der Waals surface area contributed by atoms with Gasteiger partial charge in [0.1, 0.15) is 4.88 Å². The van der Waals surface area contributed by atoms with Gasteiger partial charge in [0.05, 0.1) is 11.5 Å². The van der Waals surface area contributed by atoms with Crippen LogP contribution in [0.1, 0.15) is 26.3 Å². The van der Waals surface area contributed by atoms with Gasteiger partial charge in [-0.1, -0.05) is 0 Å². The van der Waals surface area contributed by atoms with Crippen LogP contribution < -0.4 is 10.1 Å². The molecule has 2 rings (SSSR count). The maximum Gasteiger partial charge on any atom is 0.345 e. The highest BCUT2D eigenvalue weighted by Gasteiger charge is 2.14. The maximum atomic E-state index is 13.6. The molecule has 2 aromatic rings. The molecular formula is C14H12FNO4S. The minimum Gasteiger partial charge on any atom is -0.491 e. The van der Waals surface area contributed by atoms with E-state index in [-0.39, 0.29) is 21.2 Å². The number of amides is 1. The lowest BCUT2D eigenvalue weighted by atomic mass is 10.3. The summed E-state index contributed by atoms with van der Waals surface area (Å²) in [4.78, 5) is 23.0. The van der Waals surface area contributed by atoms with Crippen LogP contribution in [0.2, 0.25) is 0 Å². The summed E-state index contributed by atoms with van der Waals surface area (Å²) in [5, 5.41) is 11.3. The highest BCUT2D eigenvalue weighted by Crippen LogP contribution is 2.23. The summed E-state index contributed by atoms with van der Waals surface area (Å²) in [6.45, 7) is 2.09. The minimum absolute atomic E-state index is 0.0676. The lowest BCUT2D eigenvalue weighted by molar-refractivity contribution is 0.0702. The Labute approximate surface area is 124 Å². The number of nitrogens with one attached hydrogen (secondary N) is 1. The van der Waals surface area contributed by atoms with Crippen molar-refractivity contribution >= 4 is 28.9 Å². The molecule has 0 saturated carbocycles. The fourth-order valence-electron chi connectivity index (χ4n) is 1.62. The van der Waals surface area contributed by atoms with Crippen LogP contribution in [0.25, 0.3) is 0 Å². The van der Waals surface area contributed by atoms with Crippen LogP contribution in [-0.2, 0) is 0 Å². The van der Waals surface area contributed by atoms with Crippen LogP contribution in [0.5, 0.6) is 5.75 Å². The first-order chi connectivity index (χ1) is 10.0. The monoisotopic (exact) mass is 309 g/mol. The van der Waals surface area contributed by atoms with E-state index < -0.39 is 17.7 Å². The van der Waals surface area contributed by atoms with Crippen molar-refractivity contribution < 1.29 is 23.8 Å². The summed E-state index contributed by atoms with van der Waals surface area (Å²) < 4.78 is 18.7. The molecule has 0 aliphatic rings. The van der Waals surface area contributed by atoms with Crippen molar-refractivity contribution in [2.24, 2.45) is 0 Å². The van der Waals surface area contributed by atoms with Gasteiger partial charge in [-0.25, -0.2) is 9.18 Å². The molecule has 0 unspecified atom stereocenters. The number of halogens is 1. The Morgan fingerprint density at radius 2 is 2.00 bits per heavy atom. The number of aromatic carboxylic acids is 1. The van der Waals surface area contributed by atoms with Crippen LogP contribution in [0.3, 0.4) is 0 Å². The van der Waals surface area contributed by atoms with E-state index in [9.17, 15) is 14.0 Å². The minimum atomic E-state index is -1.09. The summed E-state index contributed by atoms with van der Waals surface area (Å²) >= 11 is 0.854. The molecule has 2 N–H and O–H groups in total. The summed E-state index contributed by atoms with van der Waals surface area (Å²) in [7, 11) is 0. The number of carbonyl (C=O) groups excluding carboxylic acids is 1. The first-order valence-electron chi connectivity index (χ1n) is 6.08. The average Bonchev–Trinajstić information content (AvgIpc) is 2.92. The van der Waals surface area contributed by atoms with Gasteiger partial charge in [-0.2, -0.15) is 0 Å². The summed E-state index contributed by atoms with van der Waals surface area (Å²) in [6, 6.07) is 6.84. The molecule has 21 heavy (non-hydrogen) atoms. The molecule has 0 aliphatic carbocycles. The lowest BCUT2D eigenvalue weighted by Gasteiger charge is -2.07. The molecule has 1 aromatic carbocycles. The first-order valence-corrected chi connectivity index (χ1v) is 6.89. The van der Waals surface area contributed by atoms with E-state index in [0.29, 0.717) is 6.61 Å². The Morgan fingerprint density at radius 3 is 2.57 bits per heavy atom. The van der Waals surface area contributed by atoms with Crippen molar-refractivity contribution in [3.63, 3.8) is 0 Å². The standard InChI is InChI=1S/C14H12FNO4S/c1-2-20-10-4-3-8(7-9(10)15)16-13(17)11-5-6-12(21-11)14(18)19/h3-7H,2H2,1H3,(H,16,17)(H,18,19). The Kier molecular flexibility index (Phi) is 4.54. The molecule has 1 aromatic heterocycles. The second-order valence-corrected chi connectivity index (χ2v) is 5.09. The smallest absolute Gasteiger partial charge is 0.345 e. The zero-order chi connectivity index (χ0) is 15.4. The molecule has 0 radical (unpaired) electrons. The molecule has 0 saturated heterocycles. The van der Waals surface area contributed by atoms with Gasteiger partial charge in [-0.3, -0.25) is 4.79 Å². The van der Waals surface area contributed by atoms with Crippen molar-refractivity contribution in [2.45, 2.75) is 6.92 Å². The molecule has 0 spiro atoms. The second-order valence-electron chi connectivity index (χ2n) is 4.00. The molecule has 7 heteroatoms. The van der Waals surface area contributed by atoms with Crippen molar-refractivity contribution in [3.05, 3.63) is 45.9 Å². The Balaban J connectivity index is 2.11. The fourth-order valence-corrected chi connectivity index (χ4v) is 2.36. The number of benzene rings is 1.